The van der Waals surface area contributed by atoms with E-state index in [2.05, 4.69) is 4.57 Å². The highest BCUT2D eigenvalue weighted by Crippen LogP contribution is 2.36. The molecule has 1 aliphatic heterocycles. The number of rotatable bonds is 3. The van der Waals surface area contributed by atoms with Crippen molar-refractivity contribution in [2.45, 2.75) is 19.4 Å². The van der Waals surface area contributed by atoms with Gasteiger partial charge in [-0.25, -0.2) is 0 Å². The molecule has 0 aliphatic carbocycles. The molecule has 0 radical (unpaired) electrons. The summed E-state index contributed by atoms with van der Waals surface area (Å²) in [6.07, 6.45) is 0.993. The molecule has 1 aliphatic rings. The van der Waals surface area contributed by atoms with Gasteiger partial charge in [0, 0.05) is 23.2 Å². The maximum atomic E-state index is 11.2. The Kier molecular flexibility index (Phi) is 3.12. The van der Waals surface area contributed by atoms with Gasteiger partial charge in [0.25, 0.3) is 10.1 Å². The topological polar surface area (TPSA) is 79.5 Å². The minimum absolute atomic E-state index is 0.242. The second-order valence-corrected chi connectivity index (χ2v) is 7.11. The first-order valence-electron chi connectivity index (χ1n) is 6.56. The molecular weight excluding hydrogens is 278 g/mol. The fourth-order valence-electron chi connectivity index (χ4n) is 3.19. The van der Waals surface area contributed by atoms with Crippen LogP contribution in [0, 0.1) is 5.41 Å². The van der Waals surface area contributed by atoms with Crippen LogP contribution >= 0.6 is 0 Å². The number of hydrogen-bond acceptors (Lipinski definition) is 3. The maximum Gasteiger partial charge on any atom is 0.265 e. The Labute approximate surface area is 117 Å². The van der Waals surface area contributed by atoms with Gasteiger partial charge in [0.2, 0.25) is 0 Å². The Balaban J connectivity index is 2.02. The van der Waals surface area contributed by atoms with Crippen LogP contribution in [0.5, 0.6) is 0 Å². The Morgan fingerprint density at radius 2 is 2.05 bits per heavy atom. The van der Waals surface area contributed by atoms with E-state index in [0.717, 1.165) is 16.6 Å². The molecule has 0 bridgehead atoms. The molecule has 6 heteroatoms. The van der Waals surface area contributed by atoms with Crippen molar-refractivity contribution in [2.75, 3.05) is 12.4 Å². The highest BCUT2D eigenvalue weighted by atomic mass is 32.2. The SMILES string of the molecule is O=S(=O)(O)CC1(CO)CCn2c(cc3ccccc32)C1. The second kappa shape index (κ2) is 4.58. The Morgan fingerprint density at radius 1 is 1.30 bits per heavy atom. The van der Waals surface area contributed by atoms with Gasteiger partial charge < -0.3 is 9.67 Å². The van der Waals surface area contributed by atoms with Gasteiger partial charge in [-0.3, -0.25) is 4.55 Å². The van der Waals surface area contributed by atoms with Crippen LogP contribution in [0.15, 0.2) is 30.3 Å². The summed E-state index contributed by atoms with van der Waals surface area (Å²) >= 11 is 0. The van der Waals surface area contributed by atoms with E-state index >= 15 is 0 Å². The van der Waals surface area contributed by atoms with Crippen molar-refractivity contribution in [1.29, 1.82) is 0 Å². The van der Waals surface area contributed by atoms with E-state index in [1.165, 1.54) is 0 Å². The molecule has 3 rings (SSSR count). The number of para-hydroxylation sites is 1. The molecule has 0 amide bonds. The molecular formula is C14H17NO4S. The number of aliphatic hydroxyl groups is 1. The van der Waals surface area contributed by atoms with Crippen LogP contribution in [-0.2, 0) is 23.1 Å². The molecule has 2 N–H and O–H groups in total. The third kappa shape index (κ3) is 2.34. The van der Waals surface area contributed by atoms with Crippen LogP contribution in [-0.4, -0.2) is 35.0 Å². The zero-order chi connectivity index (χ0) is 14.4. The molecule has 1 aromatic carbocycles. The third-order valence-corrected chi connectivity index (χ3v) is 5.12. The average Bonchev–Trinajstić information content (AvgIpc) is 2.74. The van der Waals surface area contributed by atoms with Gasteiger partial charge in [0.15, 0.2) is 0 Å². The summed E-state index contributed by atoms with van der Waals surface area (Å²) in [6.45, 7) is 0.410. The van der Waals surface area contributed by atoms with Gasteiger partial charge in [-0.15, -0.1) is 0 Å². The molecule has 0 fully saturated rings. The molecule has 1 unspecified atom stereocenters. The predicted octanol–water partition coefficient (Wildman–Crippen LogP) is 1.45. The van der Waals surface area contributed by atoms with E-state index < -0.39 is 21.3 Å². The van der Waals surface area contributed by atoms with E-state index in [1.54, 1.807) is 0 Å². The van der Waals surface area contributed by atoms with Gasteiger partial charge >= 0.3 is 0 Å². The first-order valence-corrected chi connectivity index (χ1v) is 8.17. The second-order valence-electron chi connectivity index (χ2n) is 5.66. The van der Waals surface area contributed by atoms with E-state index in [4.69, 9.17) is 4.55 Å². The lowest BCUT2D eigenvalue weighted by Crippen LogP contribution is -2.40. The van der Waals surface area contributed by atoms with Crippen LogP contribution in [0.3, 0.4) is 0 Å². The lowest BCUT2D eigenvalue weighted by molar-refractivity contribution is 0.115. The summed E-state index contributed by atoms with van der Waals surface area (Å²) in [7, 11) is -4.10. The summed E-state index contributed by atoms with van der Waals surface area (Å²) in [4.78, 5) is 0. The van der Waals surface area contributed by atoms with Crippen molar-refractivity contribution >= 4 is 21.0 Å². The van der Waals surface area contributed by atoms with Crippen molar-refractivity contribution in [3.8, 4) is 0 Å². The highest BCUT2D eigenvalue weighted by molar-refractivity contribution is 7.85. The number of aliphatic hydroxyl groups excluding tert-OH is 1. The fraction of sp³-hybridized carbons (Fsp3) is 0.429. The van der Waals surface area contributed by atoms with Crippen LogP contribution in [0.1, 0.15) is 12.1 Å². The zero-order valence-corrected chi connectivity index (χ0v) is 11.8. The predicted molar refractivity (Wildman–Crippen MR) is 76.2 cm³/mol. The summed E-state index contributed by atoms with van der Waals surface area (Å²) in [5.41, 5.74) is 1.36. The normalized spacial score (nSPS) is 22.9. The van der Waals surface area contributed by atoms with Gasteiger partial charge in [0.1, 0.15) is 0 Å². The lowest BCUT2D eigenvalue weighted by atomic mass is 9.80. The Bertz CT molecular complexity index is 750. The van der Waals surface area contributed by atoms with Gasteiger partial charge in [-0.1, -0.05) is 18.2 Å². The Hall–Kier alpha value is -1.37. The molecule has 0 spiro atoms. The van der Waals surface area contributed by atoms with Crippen molar-refractivity contribution < 1.29 is 18.1 Å². The monoisotopic (exact) mass is 295 g/mol. The van der Waals surface area contributed by atoms with Crippen LogP contribution in [0.25, 0.3) is 10.9 Å². The average molecular weight is 295 g/mol. The molecule has 108 valence electrons. The molecule has 5 nitrogen and oxygen atoms in total. The highest BCUT2D eigenvalue weighted by Gasteiger charge is 2.38. The van der Waals surface area contributed by atoms with Crippen molar-refractivity contribution in [3.63, 3.8) is 0 Å². The largest absolute Gasteiger partial charge is 0.396 e. The number of hydrogen-bond donors (Lipinski definition) is 2. The van der Waals surface area contributed by atoms with E-state index in [-0.39, 0.29) is 6.61 Å². The number of aromatic nitrogens is 1. The smallest absolute Gasteiger partial charge is 0.265 e. The summed E-state index contributed by atoms with van der Waals surface area (Å²) < 4.78 is 33.6. The van der Waals surface area contributed by atoms with E-state index in [0.29, 0.717) is 19.4 Å². The first kappa shape index (κ1) is 13.6. The van der Waals surface area contributed by atoms with E-state index in [1.807, 2.05) is 30.3 Å². The van der Waals surface area contributed by atoms with Crippen LogP contribution < -0.4 is 0 Å². The number of fused-ring (bicyclic) bond motifs is 3. The summed E-state index contributed by atoms with van der Waals surface area (Å²) in [5.74, 6) is -0.391. The zero-order valence-electron chi connectivity index (χ0n) is 11.0. The minimum Gasteiger partial charge on any atom is -0.396 e. The number of aryl methyl sites for hydroxylation is 1. The van der Waals surface area contributed by atoms with Crippen molar-refractivity contribution in [3.05, 3.63) is 36.0 Å². The van der Waals surface area contributed by atoms with Crippen LogP contribution in [0.2, 0.25) is 0 Å². The fourth-order valence-corrected chi connectivity index (χ4v) is 4.30. The number of benzene rings is 1. The maximum absolute atomic E-state index is 11.2. The molecule has 1 atom stereocenters. The molecule has 1 aromatic heterocycles. The van der Waals surface area contributed by atoms with Gasteiger partial charge in [-0.2, -0.15) is 8.42 Å². The molecule has 2 aromatic rings. The third-order valence-electron chi connectivity index (χ3n) is 4.14. The molecule has 2 heterocycles. The molecule has 20 heavy (non-hydrogen) atoms. The van der Waals surface area contributed by atoms with Crippen LogP contribution in [0.4, 0.5) is 0 Å². The quantitative estimate of drug-likeness (QED) is 0.840. The molecule has 0 saturated heterocycles. The van der Waals surface area contributed by atoms with Crippen molar-refractivity contribution in [2.24, 2.45) is 5.41 Å². The van der Waals surface area contributed by atoms with Gasteiger partial charge in [-0.05, 0) is 30.4 Å². The summed E-state index contributed by atoms with van der Waals surface area (Å²) in [6, 6.07) is 10.0. The molecule has 0 saturated carbocycles. The van der Waals surface area contributed by atoms with Gasteiger partial charge in [0.05, 0.1) is 12.4 Å². The van der Waals surface area contributed by atoms with E-state index in [9.17, 15) is 13.5 Å². The lowest BCUT2D eigenvalue weighted by Gasteiger charge is -2.35. The number of nitrogens with zero attached hydrogens (tertiary/aromatic N) is 1. The Morgan fingerprint density at radius 3 is 2.75 bits per heavy atom. The standard InChI is InChI=1S/C14H17NO4S/c16-9-14(10-20(17,18)19)5-6-15-12(8-14)7-11-3-1-2-4-13(11)15/h1-4,7,16H,5-6,8-10H2,(H,17,18,19). The van der Waals surface area contributed by atoms with Crippen molar-refractivity contribution in [1.82, 2.24) is 4.57 Å². The first-order chi connectivity index (χ1) is 9.42. The minimum atomic E-state index is -4.10. The summed E-state index contributed by atoms with van der Waals surface area (Å²) in [5, 5.41) is 10.7.